The largest absolute Gasteiger partial charge is 0.365 e. The number of nitrogens with one attached hydrogen (secondary N) is 1. The molecule has 3 atom stereocenters. The maximum Gasteiger partial charge on any atom is 0.220 e. The lowest BCUT2D eigenvalue weighted by Crippen LogP contribution is -2.50. The fourth-order valence-electron chi connectivity index (χ4n) is 3.54. The summed E-state index contributed by atoms with van der Waals surface area (Å²) < 4.78 is 34.2. The number of hydrogen-bond acceptors (Lipinski definition) is 2. The van der Waals surface area contributed by atoms with Gasteiger partial charge in [0.1, 0.15) is 11.6 Å². The van der Waals surface area contributed by atoms with E-state index in [1.807, 2.05) is 19.1 Å². The van der Waals surface area contributed by atoms with Gasteiger partial charge in [-0.2, -0.15) is 0 Å². The van der Waals surface area contributed by atoms with Crippen LogP contribution in [0.15, 0.2) is 42.5 Å². The van der Waals surface area contributed by atoms with E-state index < -0.39 is 23.3 Å². The zero-order valence-corrected chi connectivity index (χ0v) is 16.0. The van der Waals surface area contributed by atoms with Crippen molar-refractivity contribution in [2.75, 3.05) is 0 Å². The number of benzene rings is 2. The molecule has 0 saturated carbocycles. The smallest absolute Gasteiger partial charge is 0.220 e. The molecule has 0 aliphatic carbocycles. The lowest BCUT2D eigenvalue weighted by molar-refractivity contribution is -0.128. The van der Waals surface area contributed by atoms with Crippen LogP contribution in [0.4, 0.5) is 8.78 Å². The van der Waals surface area contributed by atoms with E-state index in [2.05, 4.69) is 5.32 Å². The van der Waals surface area contributed by atoms with Gasteiger partial charge in [-0.1, -0.05) is 30.7 Å². The van der Waals surface area contributed by atoms with E-state index in [4.69, 9.17) is 16.3 Å². The summed E-state index contributed by atoms with van der Waals surface area (Å²) in [5.74, 6) is -1.14. The zero-order valence-electron chi connectivity index (χ0n) is 15.3. The Kier molecular flexibility index (Phi) is 5.82. The average Bonchev–Trinajstić information content (AvgIpc) is 2.63. The first-order chi connectivity index (χ1) is 12.8. The van der Waals surface area contributed by atoms with Crippen LogP contribution < -0.4 is 5.32 Å². The second-order valence-electron chi connectivity index (χ2n) is 7.20. The number of amides is 1. The maximum absolute atomic E-state index is 14.4. The van der Waals surface area contributed by atoms with E-state index in [-0.39, 0.29) is 17.6 Å². The third kappa shape index (κ3) is 4.66. The van der Waals surface area contributed by atoms with Crippen LogP contribution in [0.2, 0.25) is 5.02 Å². The molecule has 1 N–H and O–H groups in total. The van der Waals surface area contributed by atoms with Crippen LogP contribution in [-0.4, -0.2) is 11.4 Å². The van der Waals surface area contributed by atoms with Gasteiger partial charge in [0.2, 0.25) is 5.91 Å². The molecule has 2 aromatic rings. The van der Waals surface area contributed by atoms with Crippen LogP contribution in [0.5, 0.6) is 0 Å². The average molecular weight is 394 g/mol. The van der Waals surface area contributed by atoms with Gasteiger partial charge < -0.3 is 10.1 Å². The molecule has 144 valence electrons. The molecule has 27 heavy (non-hydrogen) atoms. The second kappa shape index (κ2) is 7.95. The Hall–Kier alpha value is -1.98. The van der Waals surface area contributed by atoms with Gasteiger partial charge in [0.15, 0.2) is 0 Å². The number of halogens is 3. The van der Waals surface area contributed by atoms with E-state index in [0.29, 0.717) is 24.3 Å². The quantitative estimate of drug-likeness (QED) is 0.745. The van der Waals surface area contributed by atoms with Crippen LogP contribution in [0.25, 0.3) is 0 Å². The third-order valence-corrected chi connectivity index (χ3v) is 5.16. The second-order valence-corrected chi connectivity index (χ2v) is 7.64. The molecule has 0 radical (unpaired) electrons. The van der Waals surface area contributed by atoms with Gasteiger partial charge >= 0.3 is 0 Å². The summed E-state index contributed by atoms with van der Waals surface area (Å²) in [7, 11) is 0. The van der Waals surface area contributed by atoms with Crippen molar-refractivity contribution < 1.29 is 18.3 Å². The highest BCUT2D eigenvalue weighted by Crippen LogP contribution is 2.44. The Morgan fingerprint density at radius 2 is 1.85 bits per heavy atom. The van der Waals surface area contributed by atoms with E-state index >= 15 is 0 Å². The third-order valence-electron chi connectivity index (χ3n) is 4.91. The Morgan fingerprint density at radius 3 is 2.52 bits per heavy atom. The van der Waals surface area contributed by atoms with Crippen molar-refractivity contribution in [1.82, 2.24) is 5.32 Å². The molecule has 0 aromatic heterocycles. The zero-order chi connectivity index (χ0) is 19.6. The fraction of sp³-hybridized carbons (Fsp3) is 0.381. The highest BCUT2D eigenvalue weighted by atomic mass is 35.5. The molecule has 1 amide bonds. The SMILES string of the molecule is CCC(=O)N[C@@]1(C)C[C@@H](c2ccc(Cl)cc2)O[C@@H](c2cc(F)ccc2F)C1. The predicted molar refractivity (Wildman–Crippen MR) is 100 cm³/mol. The molecule has 2 aromatic carbocycles. The van der Waals surface area contributed by atoms with Gasteiger partial charge in [-0.15, -0.1) is 0 Å². The molecule has 1 aliphatic heterocycles. The van der Waals surface area contributed by atoms with Crippen LogP contribution in [0, 0.1) is 11.6 Å². The van der Waals surface area contributed by atoms with Crippen molar-refractivity contribution in [3.8, 4) is 0 Å². The van der Waals surface area contributed by atoms with Gasteiger partial charge in [-0.05, 0) is 42.8 Å². The Balaban J connectivity index is 1.96. The maximum atomic E-state index is 14.4. The molecule has 1 heterocycles. The molecule has 1 saturated heterocycles. The summed E-state index contributed by atoms with van der Waals surface area (Å²) in [6.07, 6.45) is 0.154. The molecule has 1 aliphatic rings. The first-order valence-electron chi connectivity index (χ1n) is 8.96. The summed E-state index contributed by atoms with van der Waals surface area (Å²) in [6.45, 7) is 3.69. The fourth-order valence-corrected chi connectivity index (χ4v) is 3.67. The summed E-state index contributed by atoms with van der Waals surface area (Å²) in [4.78, 5) is 12.0. The predicted octanol–water partition coefficient (Wildman–Crippen LogP) is 5.50. The number of hydrogen-bond donors (Lipinski definition) is 1. The van der Waals surface area contributed by atoms with Crippen molar-refractivity contribution in [3.63, 3.8) is 0 Å². The first-order valence-corrected chi connectivity index (χ1v) is 9.34. The first kappa shape index (κ1) is 19.8. The molecule has 0 bridgehead atoms. The van der Waals surface area contributed by atoms with Crippen LogP contribution >= 0.6 is 11.6 Å². The van der Waals surface area contributed by atoms with E-state index in [9.17, 15) is 13.6 Å². The van der Waals surface area contributed by atoms with Crippen molar-refractivity contribution in [1.29, 1.82) is 0 Å². The highest BCUT2D eigenvalue weighted by Gasteiger charge is 2.41. The monoisotopic (exact) mass is 393 g/mol. The van der Waals surface area contributed by atoms with Crippen molar-refractivity contribution in [2.24, 2.45) is 0 Å². The molecule has 3 rings (SSSR count). The van der Waals surface area contributed by atoms with Gasteiger partial charge in [0, 0.05) is 35.4 Å². The van der Waals surface area contributed by atoms with E-state index in [1.165, 1.54) is 0 Å². The molecular formula is C21H22ClF2NO2. The van der Waals surface area contributed by atoms with E-state index in [0.717, 1.165) is 23.8 Å². The summed E-state index contributed by atoms with van der Waals surface area (Å²) in [6, 6.07) is 10.5. The molecular weight excluding hydrogens is 372 g/mol. The number of carbonyl (C=O) groups is 1. The van der Waals surface area contributed by atoms with Crippen LogP contribution in [0.1, 0.15) is 56.4 Å². The van der Waals surface area contributed by atoms with Gasteiger partial charge in [0.05, 0.1) is 12.2 Å². The number of rotatable bonds is 4. The minimum absolute atomic E-state index is 0.0901. The van der Waals surface area contributed by atoms with Crippen molar-refractivity contribution >= 4 is 17.5 Å². The summed E-state index contributed by atoms with van der Waals surface area (Å²) in [5, 5.41) is 3.63. The Bertz CT molecular complexity index is 827. The Morgan fingerprint density at radius 1 is 1.19 bits per heavy atom. The van der Waals surface area contributed by atoms with Crippen LogP contribution in [-0.2, 0) is 9.53 Å². The normalized spacial score (nSPS) is 25.2. The van der Waals surface area contributed by atoms with E-state index in [1.54, 1.807) is 19.1 Å². The topological polar surface area (TPSA) is 38.3 Å². The molecule has 6 heteroatoms. The molecule has 0 unspecified atom stereocenters. The minimum Gasteiger partial charge on any atom is -0.365 e. The lowest BCUT2D eigenvalue weighted by Gasteiger charge is -2.43. The molecule has 3 nitrogen and oxygen atoms in total. The van der Waals surface area contributed by atoms with Gasteiger partial charge in [-0.25, -0.2) is 8.78 Å². The minimum atomic E-state index is -0.683. The van der Waals surface area contributed by atoms with Crippen molar-refractivity contribution in [2.45, 2.75) is 50.9 Å². The highest BCUT2D eigenvalue weighted by molar-refractivity contribution is 6.30. The molecule has 0 spiro atoms. The number of ether oxygens (including phenoxy) is 1. The Labute approximate surface area is 162 Å². The van der Waals surface area contributed by atoms with Crippen molar-refractivity contribution in [3.05, 3.63) is 70.2 Å². The van der Waals surface area contributed by atoms with Gasteiger partial charge in [0.25, 0.3) is 0 Å². The molecule has 1 fully saturated rings. The number of carbonyl (C=O) groups excluding carboxylic acids is 1. The summed E-state index contributed by atoms with van der Waals surface area (Å²) in [5.41, 5.74) is 0.419. The van der Waals surface area contributed by atoms with Gasteiger partial charge in [-0.3, -0.25) is 4.79 Å². The lowest BCUT2D eigenvalue weighted by atomic mass is 9.81. The summed E-state index contributed by atoms with van der Waals surface area (Å²) >= 11 is 5.97. The standard InChI is InChI=1S/C21H22ClF2NO2/c1-3-20(26)25-21(2)11-18(13-4-6-14(22)7-5-13)27-19(12-21)16-10-15(23)8-9-17(16)24/h4-10,18-19H,3,11-12H2,1-2H3,(H,25,26)/t18-,19+,21-/m0/s1. The van der Waals surface area contributed by atoms with Crippen LogP contribution in [0.3, 0.4) is 0 Å².